The van der Waals surface area contributed by atoms with Crippen LogP contribution < -0.4 is 20.1 Å². The van der Waals surface area contributed by atoms with Gasteiger partial charge in [0.2, 0.25) is 0 Å². The van der Waals surface area contributed by atoms with Gasteiger partial charge in [-0.25, -0.2) is 0 Å². The summed E-state index contributed by atoms with van der Waals surface area (Å²) in [6.45, 7) is 7.44. The predicted molar refractivity (Wildman–Crippen MR) is 110 cm³/mol. The Bertz CT molecular complexity index is 696. The molecule has 2 aromatic carbocycles. The molecule has 0 spiro atoms. The molecule has 146 valence electrons. The third-order valence-corrected chi connectivity index (χ3v) is 4.74. The highest BCUT2D eigenvalue weighted by molar-refractivity contribution is 5.39. The molecule has 0 amide bonds. The number of rotatable bonds is 9. The van der Waals surface area contributed by atoms with E-state index in [1.807, 2.05) is 38.1 Å². The molecule has 1 aliphatic rings. The average molecular weight is 369 g/mol. The standard InChI is InChI=1S/C23H32N2O2/c1-18(2)27-23-12-4-3-11-22(23)26-15-14-24-17-19-8-7-9-20(16-19)21-10-5-6-13-25-21/h3-4,7-9,11-12,16,18,21,24-25H,5-6,10,13-15,17H2,1-2H3. The maximum atomic E-state index is 5.90. The van der Waals surface area contributed by atoms with Gasteiger partial charge in [0, 0.05) is 19.1 Å². The molecule has 2 aromatic rings. The molecule has 0 aromatic heterocycles. The molecule has 1 saturated heterocycles. The normalized spacial score (nSPS) is 17.1. The Morgan fingerprint density at radius 2 is 1.93 bits per heavy atom. The van der Waals surface area contributed by atoms with E-state index >= 15 is 0 Å². The maximum Gasteiger partial charge on any atom is 0.161 e. The summed E-state index contributed by atoms with van der Waals surface area (Å²) in [7, 11) is 0. The lowest BCUT2D eigenvalue weighted by Gasteiger charge is -2.24. The van der Waals surface area contributed by atoms with Crippen molar-refractivity contribution in [1.82, 2.24) is 10.6 Å². The van der Waals surface area contributed by atoms with E-state index in [0.717, 1.165) is 31.1 Å². The largest absolute Gasteiger partial charge is 0.488 e. The molecule has 0 radical (unpaired) electrons. The van der Waals surface area contributed by atoms with Crippen LogP contribution in [0.2, 0.25) is 0 Å². The summed E-state index contributed by atoms with van der Waals surface area (Å²) < 4.78 is 11.7. The number of hydrogen-bond acceptors (Lipinski definition) is 4. The fourth-order valence-electron chi connectivity index (χ4n) is 3.44. The van der Waals surface area contributed by atoms with E-state index in [4.69, 9.17) is 9.47 Å². The molecule has 2 N–H and O–H groups in total. The number of benzene rings is 2. The molecule has 0 saturated carbocycles. The van der Waals surface area contributed by atoms with E-state index in [2.05, 4.69) is 34.9 Å². The Morgan fingerprint density at radius 3 is 2.70 bits per heavy atom. The minimum atomic E-state index is 0.138. The molecule has 27 heavy (non-hydrogen) atoms. The van der Waals surface area contributed by atoms with Gasteiger partial charge in [0.05, 0.1) is 6.10 Å². The Hall–Kier alpha value is -2.04. The molecule has 1 aliphatic heterocycles. The van der Waals surface area contributed by atoms with Gasteiger partial charge < -0.3 is 20.1 Å². The van der Waals surface area contributed by atoms with Crippen LogP contribution in [0, 0.1) is 0 Å². The van der Waals surface area contributed by atoms with Crippen LogP contribution in [-0.2, 0) is 6.54 Å². The zero-order valence-electron chi connectivity index (χ0n) is 16.5. The lowest BCUT2D eigenvalue weighted by Crippen LogP contribution is -2.27. The zero-order valence-corrected chi connectivity index (χ0v) is 16.5. The minimum Gasteiger partial charge on any atom is -0.488 e. The lowest BCUT2D eigenvalue weighted by molar-refractivity contribution is 0.221. The summed E-state index contributed by atoms with van der Waals surface area (Å²) >= 11 is 0. The molecule has 0 aliphatic carbocycles. The molecule has 1 heterocycles. The molecule has 1 atom stereocenters. The van der Waals surface area contributed by atoms with Gasteiger partial charge in [-0.3, -0.25) is 0 Å². The summed E-state index contributed by atoms with van der Waals surface area (Å²) in [5.41, 5.74) is 2.73. The van der Waals surface area contributed by atoms with Crippen LogP contribution in [0.5, 0.6) is 11.5 Å². The van der Waals surface area contributed by atoms with Gasteiger partial charge in [0.15, 0.2) is 11.5 Å². The van der Waals surface area contributed by atoms with Crippen molar-refractivity contribution in [2.24, 2.45) is 0 Å². The van der Waals surface area contributed by atoms with Gasteiger partial charge >= 0.3 is 0 Å². The summed E-state index contributed by atoms with van der Waals surface area (Å²) in [6, 6.07) is 17.3. The third-order valence-electron chi connectivity index (χ3n) is 4.74. The summed E-state index contributed by atoms with van der Waals surface area (Å²) in [5, 5.41) is 7.10. The molecule has 1 unspecified atom stereocenters. The van der Waals surface area contributed by atoms with Crippen LogP contribution in [0.4, 0.5) is 0 Å². The highest BCUT2D eigenvalue weighted by atomic mass is 16.5. The van der Waals surface area contributed by atoms with Gasteiger partial charge in [-0.15, -0.1) is 0 Å². The number of ether oxygens (including phenoxy) is 2. The van der Waals surface area contributed by atoms with Crippen molar-refractivity contribution >= 4 is 0 Å². The van der Waals surface area contributed by atoms with Crippen molar-refractivity contribution < 1.29 is 9.47 Å². The van der Waals surface area contributed by atoms with Crippen molar-refractivity contribution in [2.45, 2.75) is 51.8 Å². The predicted octanol–water partition coefficient (Wildman–Crippen LogP) is 4.46. The second kappa shape index (κ2) is 10.3. The average Bonchev–Trinajstić information content (AvgIpc) is 2.69. The first-order valence-electron chi connectivity index (χ1n) is 10.1. The third kappa shape index (κ3) is 6.26. The monoisotopic (exact) mass is 368 g/mol. The second-order valence-corrected chi connectivity index (χ2v) is 7.39. The first-order chi connectivity index (χ1) is 13.2. The molecule has 0 bridgehead atoms. The molecular weight excluding hydrogens is 336 g/mol. The first-order valence-corrected chi connectivity index (χ1v) is 10.1. The van der Waals surface area contributed by atoms with Crippen molar-refractivity contribution in [3.8, 4) is 11.5 Å². The molecule has 4 nitrogen and oxygen atoms in total. The molecule has 3 rings (SSSR count). The zero-order chi connectivity index (χ0) is 18.9. The van der Waals surface area contributed by atoms with Gasteiger partial charge in [-0.2, -0.15) is 0 Å². The van der Waals surface area contributed by atoms with E-state index < -0.39 is 0 Å². The topological polar surface area (TPSA) is 42.5 Å². The Kier molecular flexibility index (Phi) is 7.55. The van der Waals surface area contributed by atoms with E-state index in [-0.39, 0.29) is 6.10 Å². The summed E-state index contributed by atoms with van der Waals surface area (Å²) in [6.07, 6.45) is 3.99. The number of hydrogen-bond donors (Lipinski definition) is 2. The number of piperidine rings is 1. The van der Waals surface area contributed by atoms with Gasteiger partial charge in [0.1, 0.15) is 6.61 Å². The molecule has 4 heteroatoms. The Morgan fingerprint density at radius 1 is 1.07 bits per heavy atom. The second-order valence-electron chi connectivity index (χ2n) is 7.39. The number of nitrogens with one attached hydrogen (secondary N) is 2. The fraction of sp³-hybridized carbons (Fsp3) is 0.478. The van der Waals surface area contributed by atoms with Crippen LogP contribution in [0.3, 0.4) is 0 Å². The van der Waals surface area contributed by atoms with E-state index in [1.165, 1.54) is 30.4 Å². The smallest absolute Gasteiger partial charge is 0.161 e. The summed E-state index contributed by atoms with van der Waals surface area (Å²) in [4.78, 5) is 0. The minimum absolute atomic E-state index is 0.138. The molecular formula is C23H32N2O2. The van der Waals surface area contributed by atoms with E-state index in [0.29, 0.717) is 12.6 Å². The Labute approximate surface area is 163 Å². The lowest BCUT2D eigenvalue weighted by atomic mass is 9.96. The van der Waals surface area contributed by atoms with Crippen LogP contribution in [0.15, 0.2) is 48.5 Å². The Balaban J connectivity index is 1.43. The van der Waals surface area contributed by atoms with Crippen LogP contribution in [-0.4, -0.2) is 25.8 Å². The van der Waals surface area contributed by atoms with Crippen molar-refractivity contribution in [1.29, 1.82) is 0 Å². The van der Waals surface area contributed by atoms with Crippen molar-refractivity contribution in [3.05, 3.63) is 59.7 Å². The van der Waals surface area contributed by atoms with Crippen LogP contribution >= 0.6 is 0 Å². The van der Waals surface area contributed by atoms with Gasteiger partial charge in [-0.05, 0) is 56.5 Å². The van der Waals surface area contributed by atoms with E-state index in [1.54, 1.807) is 0 Å². The van der Waals surface area contributed by atoms with Crippen molar-refractivity contribution in [3.63, 3.8) is 0 Å². The van der Waals surface area contributed by atoms with Gasteiger partial charge in [-0.1, -0.05) is 42.8 Å². The SMILES string of the molecule is CC(C)Oc1ccccc1OCCNCc1cccc(C2CCCCN2)c1. The quantitative estimate of drug-likeness (QED) is 0.642. The maximum absolute atomic E-state index is 5.90. The van der Waals surface area contributed by atoms with Crippen LogP contribution in [0.25, 0.3) is 0 Å². The first kappa shape index (κ1) is 19.7. The highest BCUT2D eigenvalue weighted by Crippen LogP contribution is 2.27. The molecule has 1 fully saturated rings. The summed E-state index contributed by atoms with van der Waals surface area (Å²) in [5.74, 6) is 1.61. The van der Waals surface area contributed by atoms with Crippen LogP contribution in [0.1, 0.15) is 50.3 Å². The van der Waals surface area contributed by atoms with E-state index in [9.17, 15) is 0 Å². The highest BCUT2D eigenvalue weighted by Gasteiger charge is 2.14. The van der Waals surface area contributed by atoms with Gasteiger partial charge in [0.25, 0.3) is 0 Å². The number of para-hydroxylation sites is 2. The van der Waals surface area contributed by atoms with Crippen molar-refractivity contribution in [2.75, 3.05) is 19.7 Å². The fourth-order valence-corrected chi connectivity index (χ4v) is 3.44.